The molecule has 0 N–H and O–H groups in total. The minimum Gasteiger partial charge on any atom is -0.463 e. The molecule has 0 saturated heterocycles. The van der Waals surface area contributed by atoms with Gasteiger partial charge in [0.25, 0.3) is 5.91 Å². The van der Waals surface area contributed by atoms with Gasteiger partial charge in [0.1, 0.15) is 5.71 Å². The Balaban J connectivity index is 2.33. The molecule has 0 spiro atoms. The van der Waals surface area contributed by atoms with Crippen molar-refractivity contribution in [3.63, 3.8) is 0 Å². The Labute approximate surface area is 179 Å². The third kappa shape index (κ3) is 3.85. The van der Waals surface area contributed by atoms with Gasteiger partial charge in [-0.15, -0.1) is 0 Å². The number of ketones is 1. The Hall–Kier alpha value is -2.69. The van der Waals surface area contributed by atoms with Gasteiger partial charge in [0.15, 0.2) is 11.5 Å². The van der Waals surface area contributed by atoms with Crippen LogP contribution in [0.2, 0.25) is 0 Å². The topological polar surface area (TPSA) is 62.9 Å². The number of nitrogens with zero attached hydrogens (tertiary/aromatic N) is 2. The third-order valence-electron chi connectivity index (χ3n) is 5.23. The van der Waals surface area contributed by atoms with E-state index in [1.165, 1.54) is 5.01 Å². The van der Waals surface area contributed by atoms with Crippen molar-refractivity contribution in [3.05, 3.63) is 58.6 Å². The highest BCUT2D eigenvalue weighted by molar-refractivity contribution is 6.31. The lowest BCUT2D eigenvalue weighted by Crippen LogP contribution is -2.39. The van der Waals surface area contributed by atoms with E-state index in [9.17, 15) is 9.59 Å². The average Bonchev–Trinajstić information content (AvgIpc) is 3.20. The number of carbonyl (C=O) groups is 2. The van der Waals surface area contributed by atoms with Crippen LogP contribution in [0.1, 0.15) is 68.1 Å². The second-order valence-corrected chi connectivity index (χ2v) is 11.0. The Morgan fingerprint density at radius 1 is 0.867 bits per heavy atom. The van der Waals surface area contributed by atoms with Gasteiger partial charge in [-0.05, 0) is 61.5 Å². The van der Waals surface area contributed by atoms with Crippen molar-refractivity contribution in [1.29, 1.82) is 0 Å². The Bertz CT molecular complexity index is 976. The van der Waals surface area contributed by atoms with E-state index in [2.05, 4.69) is 5.10 Å². The van der Waals surface area contributed by atoms with Crippen molar-refractivity contribution in [2.45, 2.75) is 67.9 Å². The Morgan fingerprint density at radius 2 is 1.40 bits per heavy atom. The fourth-order valence-corrected chi connectivity index (χ4v) is 3.59. The lowest BCUT2D eigenvalue weighted by atomic mass is 9.71. The first-order chi connectivity index (χ1) is 13.6. The molecule has 1 amide bonds. The summed E-state index contributed by atoms with van der Waals surface area (Å²) in [4.78, 5) is 26.8. The predicted molar refractivity (Wildman–Crippen MR) is 119 cm³/mol. The summed E-state index contributed by atoms with van der Waals surface area (Å²) in [7, 11) is 0. The minimum atomic E-state index is -0.491. The molecule has 3 rings (SSSR count). The minimum absolute atomic E-state index is 0.0361. The van der Waals surface area contributed by atoms with Gasteiger partial charge in [0, 0.05) is 11.1 Å². The number of hydrogen-bond acceptors (Lipinski definition) is 4. The van der Waals surface area contributed by atoms with Gasteiger partial charge in [0.05, 0.1) is 17.4 Å². The summed E-state index contributed by atoms with van der Waals surface area (Å²) >= 11 is 0. The summed E-state index contributed by atoms with van der Waals surface area (Å²) in [5.41, 5.74) is 1.85. The van der Waals surface area contributed by atoms with Gasteiger partial charge in [-0.25, -0.2) is 5.01 Å². The number of hydrogen-bond donors (Lipinski definition) is 0. The highest BCUT2D eigenvalue weighted by atomic mass is 16.3. The molecule has 0 fully saturated rings. The Morgan fingerprint density at radius 3 is 1.80 bits per heavy atom. The zero-order valence-electron chi connectivity index (χ0n) is 19.5. The molecule has 1 aliphatic heterocycles. The molecule has 0 bridgehead atoms. The van der Waals surface area contributed by atoms with Crippen LogP contribution < -0.4 is 0 Å². The highest BCUT2D eigenvalue weighted by Gasteiger charge is 2.42. The van der Waals surface area contributed by atoms with Gasteiger partial charge in [0.2, 0.25) is 0 Å². The molecule has 0 unspecified atom stereocenters. The normalized spacial score (nSPS) is 18.7. The molecule has 2 aliphatic rings. The molecule has 1 aromatic heterocycles. The molecule has 160 valence electrons. The number of hydrazone groups is 1. The molecule has 1 aliphatic carbocycles. The zero-order valence-corrected chi connectivity index (χ0v) is 19.5. The predicted octanol–water partition coefficient (Wildman–Crippen LogP) is 5.45. The number of rotatable bonds is 1. The van der Waals surface area contributed by atoms with Crippen molar-refractivity contribution in [3.8, 4) is 0 Å². The van der Waals surface area contributed by atoms with Crippen molar-refractivity contribution in [2.24, 2.45) is 15.9 Å². The molecular formula is C25H32N2O3. The van der Waals surface area contributed by atoms with E-state index in [1.807, 2.05) is 74.5 Å². The summed E-state index contributed by atoms with van der Waals surface area (Å²) in [6.45, 7) is 17.9. The number of Topliss-reactive ketones (excluding diaryl/α,β-unsaturated/α-hetero) is 1. The maximum Gasteiger partial charge on any atom is 0.277 e. The number of allylic oxidation sites excluding steroid dienone is 5. The van der Waals surface area contributed by atoms with Crippen molar-refractivity contribution in [2.75, 3.05) is 0 Å². The van der Waals surface area contributed by atoms with Gasteiger partial charge in [-0.2, -0.15) is 5.10 Å². The molecule has 0 aromatic carbocycles. The largest absolute Gasteiger partial charge is 0.463 e. The molecule has 0 saturated carbocycles. The first-order valence-corrected chi connectivity index (χ1v) is 10.3. The van der Waals surface area contributed by atoms with Crippen LogP contribution in [0.15, 0.2) is 62.4 Å². The van der Waals surface area contributed by atoms with Crippen LogP contribution in [0, 0.1) is 10.8 Å². The van der Waals surface area contributed by atoms with E-state index < -0.39 is 5.54 Å². The van der Waals surface area contributed by atoms with E-state index in [-0.39, 0.29) is 22.5 Å². The Kier molecular flexibility index (Phi) is 5.08. The smallest absolute Gasteiger partial charge is 0.277 e. The van der Waals surface area contributed by atoms with E-state index >= 15 is 0 Å². The first kappa shape index (κ1) is 22.0. The summed E-state index contributed by atoms with van der Waals surface area (Å²) in [5.74, 6) is 0.382. The molecule has 5 heteroatoms. The number of furan rings is 1. The van der Waals surface area contributed by atoms with E-state index in [1.54, 1.807) is 18.4 Å². The van der Waals surface area contributed by atoms with Gasteiger partial charge in [-0.1, -0.05) is 41.5 Å². The SMILES string of the molecule is CC(C)(C)C1=CC(=C2C(=O)N(C(C)(C)C)N=C2c2ccco2)C=C(C(C)(C)C)C1=O. The van der Waals surface area contributed by atoms with Crippen LogP contribution >= 0.6 is 0 Å². The fraction of sp³-hybridized carbons (Fsp3) is 0.480. The second-order valence-electron chi connectivity index (χ2n) is 11.0. The van der Waals surface area contributed by atoms with Crippen molar-refractivity contribution >= 4 is 17.4 Å². The van der Waals surface area contributed by atoms with Crippen LogP contribution in [-0.2, 0) is 9.59 Å². The van der Waals surface area contributed by atoms with Crippen LogP contribution in [0.4, 0.5) is 0 Å². The number of amides is 1. The second kappa shape index (κ2) is 6.93. The van der Waals surface area contributed by atoms with Gasteiger partial charge in [-0.3, -0.25) is 9.59 Å². The third-order valence-corrected chi connectivity index (χ3v) is 5.23. The van der Waals surface area contributed by atoms with Crippen molar-refractivity contribution < 1.29 is 14.0 Å². The van der Waals surface area contributed by atoms with E-state index in [4.69, 9.17) is 4.42 Å². The molecular weight excluding hydrogens is 376 g/mol. The summed E-state index contributed by atoms with van der Waals surface area (Å²) in [6, 6.07) is 3.58. The lowest BCUT2D eigenvalue weighted by Gasteiger charge is -2.32. The molecule has 30 heavy (non-hydrogen) atoms. The molecule has 0 atom stereocenters. The monoisotopic (exact) mass is 408 g/mol. The molecule has 2 heterocycles. The quantitative estimate of drug-likeness (QED) is 0.581. The lowest BCUT2D eigenvalue weighted by molar-refractivity contribution is -0.130. The molecule has 1 aromatic rings. The van der Waals surface area contributed by atoms with E-state index in [0.29, 0.717) is 33.8 Å². The standard InChI is InChI=1S/C25H32N2O3/c1-23(2,3)16-13-15(14-17(21(16)28)24(4,5)6)19-20(18-11-10-12-30-18)26-27(22(19)29)25(7,8)9/h10-14H,1-9H3. The maximum absolute atomic E-state index is 13.5. The van der Waals surface area contributed by atoms with Crippen LogP contribution in [-0.4, -0.2) is 27.9 Å². The van der Waals surface area contributed by atoms with Crippen molar-refractivity contribution in [1.82, 2.24) is 5.01 Å². The summed E-state index contributed by atoms with van der Waals surface area (Å²) in [6.07, 6.45) is 5.28. The molecule has 0 radical (unpaired) electrons. The molecule has 5 nitrogen and oxygen atoms in total. The zero-order chi connectivity index (χ0) is 22.6. The van der Waals surface area contributed by atoms with Gasteiger partial charge >= 0.3 is 0 Å². The van der Waals surface area contributed by atoms with Gasteiger partial charge < -0.3 is 4.42 Å². The first-order valence-electron chi connectivity index (χ1n) is 10.3. The average molecular weight is 409 g/mol. The highest BCUT2D eigenvalue weighted by Crippen LogP contribution is 2.41. The summed E-state index contributed by atoms with van der Waals surface area (Å²) < 4.78 is 5.61. The van der Waals surface area contributed by atoms with Crippen LogP contribution in [0.25, 0.3) is 0 Å². The van der Waals surface area contributed by atoms with Crippen LogP contribution in [0.3, 0.4) is 0 Å². The van der Waals surface area contributed by atoms with Crippen LogP contribution in [0.5, 0.6) is 0 Å². The maximum atomic E-state index is 13.5. The number of carbonyl (C=O) groups excluding carboxylic acids is 2. The fourth-order valence-electron chi connectivity index (χ4n) is 3.59. The van der Waals surface area contributed by atoms with E-state index in [0.717, 1.165) is 0 Å². The summed E-state index contributed by atoms with van der Waals surface area (Å²) in [5, 5.41) is 6.14.